The van der Waals surface area contributed by atoms with Crippen LogP contribution in [0.5, 0.6) is 0 Å². The van der Waals surface area contributed by atoms with Crippen LogP contribution in [0.2, 0.25) is 0 Å². The van der Waals surface area contributed by atoms with Crippen LogP contribution < -0.4 is 11.0 Å². The fourth-order valence-corrected chi connectivity index (χ4v) is 2.64. The molecular weight excluding hydrogens is 218 g/mol. The van der Waals surface area contributed by atoms with Crippen LogP contribution in [-0.2, 0) is 0 Å². The Kier molecular flexibility index (Phi) is 2.48. The fraction of sp³-hybridized carbons (Fsp3) is 0.500. The molecule has 5 heteroatoms. The number of ketones is 1. The van der Waals surface area contributed by atoms with Crippen molar-refractivity contribution in [2.45, 2.75) is 25.3 Å². The molecule has 0 radical (unpaired) electrons. The average molecular weight is 233 g/mol. The third-order valence-electron chi connectivity index (χ3n) is 3.50. The van der Waals surface area contributed by atoms with E-state index in [0.717, 1.165) is 31.6 Å². The van der Waals surface area contributed by atoms with Crippen molar-refractivity contribution >= 4 is 11.9 Å². The molecule has 0 aromatic carbocycles. The van der Waals surface area contributed by atoms with Crippen molar-refractivity contribution in [2.24, 2.45) is 0 Å². The second-order valence-electron chi connectivity index (χ2n) is 4.57. The summed E-state index contributed by atoms with van der Waals surface area (Å²) in [6.07, 6.45) is 5.98. The number of carbonyl (C=O) groups excluding carboxylic acids is 1. The van der Waals surface area contributed by atoms with Gasteiger partial charge in [-0.25, -0.2) is 4.79 Å². The monoisotopic (exact) mass is 233 g/mol. The molecule has 90 valence electrons. The first-order chi connectivity index (χ1) is 8.27. The summed E-state index contributed by atoms with van der Waals surface area (Å²) < 4.78 is 1.75. The van der Waals surface area contributed by atoms with Crippen LogP contribution in [0, 0.1) is 0 Å². The number of hydrogen-bond acceptors (Lipinski definition) is 3. The molecule has 1 fully saturated rings. The minimum atomic E-state index is -0.151. The molecule has 2 aliphatic rings. The number of rotatable bonds is 1. The third kappa shape index (κ3) is 1.67. The number of imidazole rings is 1. The maximum absolute atomic E-state index is 12.0. The van der Waals surface area contributed by atoms with E-state index in [1.54, 1.807) is 4.57 Å². The highest BCUT2D eigenvalue weighted by Crippen LogP contribution is 2.23. The molecule has 1 aliphatic heterocycles. The lowest BCUT2D eigenvalue weighted by Gasteiger charge is -2.24. The Morgan fingerprint density at radius 2 is 2.00 bits per heavy atom. The average Bonchev–Trinajstić information content (AvgIpc) is 2.68. The molecule has 0 unspecified atom stereocenters. The van der Waals surface area contributed by atoms with E-state index >= 15 is 0 Å². The number of Topliss-reactive ketones (excluding diaryl/α,β-unsaturated/α-hetero) is 1. The van der Waals surface area contributed by atoms with Crippen molar-refractivity contribution in [1.82, 2.24) is 14.9 Å². The van der Waals surface area contributed by atoms with E-state index in [1.165, 1.54) is 0 Å². The lowest BCUT2D eigenvalue weighted by Crippen LogP contribution is -2.33. The smallest absolute Gasteiger partial charge is 0.317 e. The summed E-state index contributed by atoms with van der Waals surface area (Å²) in [5, 5.41) is 3.27. The summed E-state index contributed by atoms with van der Waals surface area (Å²) in [5.74, 6) is 0.00674. The van der Waals surface area contributed by atoms with Gasteiger partial charge in [-0.3, -0.25) is 9.36 Å². The fourth-order valence-electron chi connectivity index (χ4n) is 2.64. The highest BCUT2D eigenvalue weighted by molar-refractivity contribution is 6.00. The molecule has 3 rings (SSSR count). The van der Waals surface area contributed by atoms with E-state index in [0.29, 0.717) is 12.1 Å². The van der Waals surface area contributed by atoms with Crippen molar-refractivity contribution in [3.05, 3.63) is 27.9 Å². The van der Waals surface area contributed by atoms with Gasteiger partial charge >= 0.3 is 5.69 Å². The SMILES string of the molecule is O=C1CC=Cc2c1[nH]c(=O)n2C1CCNCC1. The number of fused-ring (bicyclic) bond motifs is 1. The van der Waals surface area contributed by atoms with Crippen LogP contribution in [0.15, 0.2) is 10.9 Å². The van der Waals surface area contributed by atoms with Gasteiger partial charge in [-0.2, -0.15) is 0 Å². The molecule has 1 aromatic heterocycles. The van der Waals surface area contributed by atoms with Gasteiger partial charge in [0.2, 0.25) is 0 Å². The molecule has 1 aromatic rings. The van der Waals surface area contributed by atoms with Crippen molar-refractivity contribution in [1.29, 1.82) is 0 Å². The molecule has 2 heterocycles. The van der Waals surface area contributed by atoms with Crippen LogP contribution >= 0.6 is 0 Å². The number of aromatic amines is 1. The molecule has 1 saturated heterocycles. The minimum Gasteiger partial charge on any atom is -0.317 e. The van der Waals surface area contributed by atoms with Gasteiger partial charge in [0.1, 0.15) is 5.69 Å². The Bertz CT molecular complexity index is 532. The van der Waals surface area contributed by atoms with E-state index in [-0.39, 0.29) is 17.5 Å². The van der Waals surface area contributed by atoms with Crippen molar-refractivity contribution < 1.29 is 4.79 Å². The molecule has 1 aliphatic carbocycles. The second-order valence-corrected chi connectivity index (χ2v) is 4.57. The molecule has 5 nitrogen and oxygen atoms in total. The van der Waals surface area contributed by atoms with E-state index in [2.05, 4.69) is 10.3 Å². The Morgan fingerprint density at radius 1 is 1.24 bits per heavy atom. The number of hydrogen-bond donors (Lipinski definition) is 2. The lowest BCUT2D eigenvalue weighted by molar-refractivity contribution is 0.0990. The summed E-state index contributed by atoms with van der Waals surface area (Å²) in [5.41, 5.74) is 1.09. The van der Waals surface area contributed by atoms with E-state index < -0.39 is 0 Å². The zero-order valence-corrected chi connectivity index (χ0v) is 9.53. The summed E-state index contributed by atoms with van der Waals surface area (Å²) in [4.78, 5) is 26.3. The van der Waals surface area contributed by atoms with Crippen molar-refractivity contribution in [3.63, 3.8) is 0 Å². The Hall–Kier alpha value is -1.62. The number of H-pyrrole nitrogens is 1. The van der Waals surface area contributed by atoms with Gasteiger partial charge in [-0.1, -0.05) is 6.08 Å². The summed E-state index contributed by atoms with van der Waals surface area (Å²) in [7, 11) is 0. The van der Waals surface area contributed by atoms with Gasteiger partial charge in [0.05, 0.1) is 5.69 Å². The highest BCUT2D eigenvalue weighted by Gasteiger charge is 2.25. The number of nitrogens with one attached hydrogen (secondary N) is 2. The van der Waals surface area contributed by atoms with E-state index in [9.17, 15) is 9.59 Å². The van der Waals surface area contributed by atoms with Gasteiger partial charge in [0.15, 0.2) is 5.78 Å². The molecule has 17 heavy (non-hydrogen) atoms. The first-order valence-corrected chi connectivity index (χ1v) is 6.02. The maximum Gasteiger partial charge on any atom is 0.326 e. The number of nitrogens with zero attached hydrogens (tertiary/aromatic N) is 1. The van der Waals surface area contributed by atoms with Crippen LogP contribution in [0.4, 0.5) is 0 Å². The lowest BCUT2D eigenvalue weighted by atomic mass is 10.0. The zero-order chi connectivity index (χ0) is 11.8. The molecule has 0 spiro atoms. The van der Waals surface area contributed by atoms with Crippen LogP contribution in [0.25, 0.3) is 6.08 Å². The van der Waals surface area contributed by atoms with Gasteiger partial charge < -0.3 is 10.3 Å². The molecular formula is C12H15N3O2. The molecule has 0 amide bonds. The topological polar surface area (TPSA) is 66.9 Å². The predicted octanol–water partition coefficient (Wildman–Crippen LogP) is 0.701. The largest absolute Gasteiger partial charge is 0.326 e. The van der Waals surface area contributed by atoms with Gasteiger partial charge in [0.25, 0.3) is 0 Å². The molecule has 0 saturated carbocycles. The minimum absolute atomic E-state index is 0.00674. The third-order valence-corrected chi connectivity index (χ3v) is 3.50. The number of piperidine rings is 1. The Balaban J connectivity index is 2.08. The first-order valence-electron chi connectivity index (χ1n) is 6.02. The van der Waals surface area contributed by atoms with Crippen LogP contribution in [0.3, 0.4) is 0 Å². The second kappa shape index (κ2) is 4.00. The standard InChI is InChI=1S/C12H15N3O2/c16-10-3-1-2-9-11(10)14-12(17)15(9)8-4-6-13-7-5-8/h1-2,8,13H,3-7H2,(H,14,17). The highest BCUT2D eigenvalue weighted by atomic mass is 16.2. The molecule has 2 N–H and O–H groups in total. The van der Waals surface area contributed by atoms with Crippen LogP contribution in [-0.4, -0.2) is 28.4 Å². The van der Waals surface area contributed by atoms with Crippen molar-refractivity contribution in [2.75, 3.05) is 13.1 Å². The normalized spacial score (nSPS) is 20.6. The van der Waals surface area contributed by atoms with Crippen molar-refractivity contribution in [3.8, 4) is 0 Å². The summed E-state index contributed by atoms with van der Waals surface area (Å²) in [6.45, 7) is 1.85. The summed E-state index contributed by atoms with van der Waals surface area (Å²) >= 11 is 0. The van der Waals surface area contributed by atoms with Crippen LogP contribution in [0.1, 0.15) is 41.5 Å². The van der Waals surface area contributed by atoms with Gasteiger partial charge in [0, 0.05) is 12.5 Å². The Morgan fingerprint density at radius 3 is 2.76 bits per heavy atom. The number of aromatic nitrogens is 2. The predicted molar refractivity (Wildman–Crippen MR) is 64.2 cm³/mol. The number of carbonyl (C=O) groups is 1. The quantitative estimate of drug-likeness (QED) is 0.750. The van der Waals surface area contributed by atoms with E-state index in [1.807, 2.05) is 12.2 Å². The molecule has 0 bridgehead atoms. The van der Waals surface area contributed by atoms with Gasteiger partial charge in [-0.05, 0) is 32.0 Å². The number of allylic oxidation sites excluding steroid dienone is 1. The summed E-state index contributed by atoms with van der Waals surface area (Å²) in [6, 6.07) is 0.208. The molecule has 0 atom stereocenters. The first kappa shape index (κ1) is 10.5. The Labute approximate surface area is 98.5 Å². The van der Waals surface area contributed by atoms with Gasteiger partial charge in [-0.15, -0.1) is 0 Å². The zero-order valence-electron chi connectivity index (χ0n) is 9.53. The maximum atomic E-state index is 12.0. The van der Waals surface area contributed by atoms with E-state index in [4.69, 9.17) is 0 Å².